The molecule has 0 unspecified atom stereocenters. The number of thiophene rings is 2. The van der Waals surface area contributed by atoms with Crippen LogP contribution in [0.25, 0.3) is 21.3 Å². The SMILES string of the molecule is Cc1ccc(-c2csc3ncn(CC(=O)NCc4cccs4)c(=O)c23)cc1C. The van der Waals surface area contributed by atoms with Gasteiger partial charge in [0.1, 0.15) is 11.4 Å². The zero-order valence-electron chi connectivity index (χ0n) is 15.6. The number of carbonyl (C=O) groups is 1. The molecule has 0 spiro atoms. The summed E-state index contributed by atoms with van der Waals surface area (Å²) >= 11 is 3.03. The maximum atomic E-state index is 13.1. The molecule has 0 bridgehead atoms. The maximum Gasteiger partial charge on any atom is 0.263 e. The van der Waals surface area contributed by atoms with Gasteiger partial charge in [0.05, 0.1) is 18.3 Å². The second-order valence-electron chi connectivity index (χ2n) is 6.66. The van der Waals surface area contributed by atoms with E-state index in [1.807, 2.05) is 29.0 Å². The molecule has 0 aliphatic carbocycles. The third-order valence-electron chi connectivity index (χ3n) is 4.73. The Kier molecular flexibility index (Phi) is 5.11. The highest BCUT2D eigenvalue weighted by Crippen LogP contribution is 2.31. The molecular formula is C21H19N3O2S2. The quantitative estimate of drug-likeness (QED) is 0.539. The smallest absolute Gasteiger partial charge is 0.263 e. The highest BCUT2D eigenvalue weighted by atomic mass is 32.1. The molecule has 3 heterocycles. The van der Waals surface area contributed by atoms with Crippen LogP contribution in [-0.2, 0) is 17.9 Å². The molecule has 0 saturated carbocycles. The number of amides is 1. The van der Waals surface area contributed by atoms with Gasteiger partial charge in [-0.15, -0.1) is 22.7 Å². The number of nitrogens with zero attached hydrogens (tertiary/aromatic N) is 2. The molecular weight excluding hydrogens is 390 g/mol. The predicted octanol–water partition coefficient (Wildman–Crippen LogP) is 4.12. The summed E-state index contributed by atoms with van der Waals surface area (Å²) in [6.07, 6.45) is 1.45. The lowest BCUT2D eigenvalue weighted by Crippen LogP contribution is -2.31. The van der Waals surface area contributed by atoms with Crippen LogP contribution in [0.2, 0.25) is 0 Å². The largest absolute Gasteiger partial charge is 0.350 e. The number of aryl methyl sites for hydroxylation is 2. The summed E-state index contributed by atoms with van der Waals surface area (Å²) in [6, 6.07) is 10.1. The maximum absolute atomic E-state index is 13.1. The number of hydrogen-bond acceptors (Lipinski definition) is 5. The average Bonchev–Trinajstić information content (AvgIpc) is 3.34. The minimum absolute atomic E-state index is 0.0463. The molecule has 3 aromatic heterocycles. The number of carbonyl (C=O) groups excluding carboxylic acids is 1. The lowest BCUT2D eigenvalue weighted by atomic mass is 10.0. The Bertz CT molecular complexity index is 1210. The van der Waals surface area contributed by atoms with Crippen molar-refractivity contribution in [2.24, 2.45) is 0 Å². The van der Waals surface area contributed by atoms with Crippen molar-refractivity contribution in [2.75, 3.05) is 0 Å². The molecule has 0 fully saturated rings. The Morgan fingerprint density at radius 2 is 2.04 bits per heavy atom. The molecule has 1 aromatic carbocycles. The Labute approximate surface area is 170 Å². The van der Waals surface area contributed by atoms with Crippen LogP contribution in [0.4, 0.5) is 0 Å². The van der Waals surface area contributed by atoms with Crippen LogP contribution in [0.3, 0.4) is 0 Å². The number of nitrogens with one attached hydrogen (secondary N) is 1. The van der Waals surface area contributed by atoms with Crippen molar-refractivity contribution in [3.63, 3.8) is 0 Å². The first-order chi connectivity index (χ1) is 13.5. The van der Waals surface area contributed by atoms with Crippen LogP contribution >= 0.6 is 22.7 Å². The predicted molar refractivity (Wildman–Crippen MR) is 115 cm³/mol. The molecule has 0 radical (unpaired) electrons. The van der Waals surface area contributed by atoms with E-state index in [2.05, 4.69) is 36.3 Å². The topological polar surface area (TPSA) is 64.0 Å². The van der Waals surface area contributed by atoms with Crippen molar-refractivity contribution < 1.29 is 4.79 Å². The summed E-state index contributed by atoms with van der Waals surface area (Å²) in [4.78, 5) is 31.5. The standard InChI is InChI=1S/C21H19N3O2S2/c1-13-5-6-15(8-14(13)2)17-11-28-20-19(17)21(26)24(12-23-20)10-18(25)22-9-16-4-3-7-27-16/h3-8,11-12H,9-10H2,1-2H3,(H,22,25). The Morgan fingerprint density at radius 3 is 2.79 bits per heavy atom. The fourth-order valence-corrected chi connectivity index (χ4v) is 4.56. The lowest BCUT2D eigenvalue weighted by Gasteiger charge is -2.08. The molecule has 0 saturated heterocycles. The first kappa shape index (κ1) is 18.6. The van der Waals surface area contributed by atoms with Crippen molar-refractivity contribution in [3.8, 4) is 11.1 Å². The molecule has 1 amide bonds. The highest BCUT2D eigenvalue weighted by molar-refractivity contribution is 7.17. The summed E-state index contributed by atoms with van der Waals surface area (Å²) in [7, 11) is 0. The van der Waals surface area contributed by atoms with Gasteiger partial charge in [0.25, 0.3) is 5.56 Å². The minimum atomic E-state index is -0.209. The van der Waals surface area contributed by atoms with Crippen LogP contribution in [0.1, 0.15) is 16.0 Å². The third kappa shape index (κ3) is 3.63. The highest BCUT2D eigenvalue weighted by Gasteiger charge is 2.15. The van der Waals surface area contributed by atoms with Crippen molar-refractivity contribution in [3.05, 3.63) is 73.8 Å². The number of fused-ring (bicyclic) bond motifs is 1. The van der Waals surface area contributed by atoms with Gasteiger partial charge in [0, 0.05) is 15.8 Å². The van der Waals surface area contributed by atoms with E-state index in [1.54, 1.807) is 11.3 Å². The first-order valence-corrected chi connectivity index (χ1v) is 10.6. The summed E-state index contributed by atoms with van der Waals surface area (Å²) in [5.41, 5.74) is 4.06. The molecule has 0 aliphatic rings. The number of aromatic nitrogens is 2. The molecule has 7 heteroatoms. The van der Waals surface area contributed by atoms with E-state index in [1.165, 1.54) is 33.4 Å². The van der Waals surface area contributed by atoms with E-state index < -0.39 is 0 Å². The second kappa shape index (κ2) is 7.69. The summed E-state index contributed by atoms with van der Waals surface area (Å²) in [5, 5.41) is 7.35. The number of hydrogen-bond donors (Lipinski definition) is 1. The van der Waals surface area contributed by atoms with Crippen molar-refractivity contribution in [1.82, 2.24) is 14.9 Å². The van der Waals surface area contributed by atoms with Gasteiger partial charge in [-0.25, -0.2) is 4.98 Å². The van der Waals surface area contributed by atoms with Gasteiger partial charge in [-0.3, -0.25) is 14.2 Å². The monoisotopic (exact) mass is 409 g/mol. The van der Waals surface area contributed by atoms with Crippen molar-refractivity contribution >= 4 is 38.8 Å². The van der Waals surface area contributed by atoms with Crippen molar-refractivity contribution in [2.45, 2.75) is 26.9 Å². The molecule has 28 heavy (non-hydrogen) atoms. The average molecular weight is 410 g/mol. The van der Waals surface area contributed by atoms with Crippen molar-refractivity contribution in [1.29, 1.82) is 0 Å². The van der Waals surface area contributed by atoms with Gasteiger partial charge in [-0.2, -0.15) is 0 Å². The first-order valence-electron chi connectivity index (χ1n) is 8.86. The van der Waals surface area contributed by atoms with Gasteiger partial charge in [0.15, 0.2) is 0 Å². The van der Waals surface area contributed by atoms with E-state index in [-0.39, 0.29) is 18.0 Å². The zero-order valence-corrected chi connectivity index (χ0v) is 17.2. The number of benzene rings is 1. The molecule has 0 aliphatic heterocycles. The third-order valence-corrected chi connectivity index (χ3v) is 6.50. The Balaban J connectivity index is 1.63. The second-order valence-corrected chi connectivity index (χ2v) is 8.55. The van der Waals surface area contributed by atoms with Crippen LogP contribution < -0.4 is 10.9 Å². The van der Waals surface area contributed by atoms with Gasteiger partial charge in [0.2, 0.25) is 5.91 Å². The number of rotatable bonds is 5. The normalized spacial score (nSPS) is 11.1. The molecule has 142 valence electrons. The van der Waals surface area contributed by atoms with E-state index in [4.69, 9.17) is 0 Å². The summed E-state index contributed by atoms with van der Waals surface area (Å²) in [6.45, 7) is 4.54. The van der Waals surface area contributed by atoms with Crippen LogP contribution in [0, 0.1) is 13.8 Å². The van der Waals surface area contributed by atoms with E-state index >= 15 is 0 Å². The molecule has 4 rings (SSSR count). The molecule has 5 nitrogen and oxygen atoms in total. The van der Waals surface area contributed by atoms with Gasteiger partial charge < -0.3 is 5.32 Å². The molecule has 0 atom stereocenters. The minimum Gasteiger partial charge on any atom is -0.350 e. The van der Waals surface area contributed by atoms with E-state index in [0.717, 1.165) is 16.0 Å². The Hall–Kier alpha value is -2.77. The lowest BCUT2D eigenvalue weighted by molar-refractivity contribution is -0.121. The van der Waals surface area contributed by atoms with Crippen LogP contribution in [0.5, 0.6) is 0 Å². The molecule has 1 N–H and O–H groups in total. The zero-order chi connectivity index (χ0) is 19.7. The van der Waals surface area contributed by atoms with Gasteiger partial charge in [-0.1, -0.05) is 24.3 Å². The van der Waals surface area contributed by atoms with Crippen LogP contribution in [0.15, 0.2) is 52.2 Å². The Morgan fingerprint density at radius 1 is 1.18 bits per heavy atom. The fraction of sp³-hybridized carbons (Fsp3) is 0.190. The molecule has 4 aromatic rings. The summed E-state index contributed by atoms with van der Waals surface area (Å²) in [5.74, 6) is -0.209. The van der Waals surface area contributed by atoms with E-state index in [9.17, 15) is 9.59 Å². The fourth-order valence-electron chi connectivity index (χ4n) is 3.01. The van der Waals surface area contributed by atoms with Gasteiger partial charge in [-0.05, 0) is 42.0 Å². The van der Waals surface area contributed by atoms with Crippen LogP contribution in [-0.4, -0.2) is 15.5 Å². The van der Waals surface area contributed by atoms with Gasteiger partial charge >= 0.3 is 0 Å². The van der Waals surface area contributed by atoms with E-state index in [0.29, 0.717) is 16.8 Å². The summed E-state index contributed by atoms with van der Waals surface area (Å²) < 4.78 is 1.38.